The fraction of sp³-hybridized carbons (Fsp3) is 0.889. The van der Waals surface area contributed by atoms with E-state index in [-0.39, 0.29) is 24.2 Å². The van der Waals surface area contributed by atoms with Crippen LogP contribution < -0.4 is 11.1 Å². The highest BCUT2D eigenvalue weighted by Gasteiger charge is 2.12. The predicted octanol–water partition coefficient (Wildman–Crippen LogP) is -1.10. The summed E-state index contributed by atoms with van der Waals surface area (Å²) in [6.07, 6.45) is 0. The summed E-state index contributed by atoms with van der Waals surface area (Å²) in [4.78, 5) is 10.3. The van der Waals surface area contributed by atoms with Crippen molar-refractivity contribution in [2.45, 2.75) is 19.9 Å². The van der Waals surface area contributed by atoms with Gasteiger partial charge in [-0.25, -0.2) is 8.42 Å². The van der Waals surface area contributed by atoms with Gasteiger partial charge in [0, 0.05) is 18.3 Å². The van der Waals surface area contributed by atoms with Gasteiger partial charge in [-0.2, -0.15) is 0 Å². The lowest BCUT2D eigenvalue weighted by atomic mass is 10.4. The van der Waals surface area contributed by atoms with Crippen molar-refractivity contribution >= 4 is 15.7 Å². The molecule has 1 amide bonds. The topological polar surface area (TPSA) is 98.5 Å². The molecule has 0 saturated heterocycles. The van der Waals surface area contributed by atoms with Gasteiger partial charge in [0.15, 0.2) is 9.84 Å². The van der Waals surface area contributed by atoms with Crippen molar-refractivity contribution in [1.82, 2.24) is 5.32 Å². The predicted molar refractivity (Wildman–Crippen MR) is 61.8 cm³/mol. The highest BCUT2D eigenvalue weighted by Crippen LogP contribution is 1.93. The van der Waals surface area contributed by atoms with E-state index in [9.17, 15) is 13.2 Å². The van der Waals surface area contributed by atoms with E-state index in [1.54, 1.807) is 13.8 Å². The van der Waals surface area contributed by atoms with E-state index < -0.39 is 15.7 Å². The Morgan fingerprint density at radius 1 is 1.50 bits per heavy atom. The maximum absolute atomic E-state index is 11.3. The van der Waals surface area contributed by atoms with Crippen molar-refractivity contribution in [2.75, 3.05) is 31.3 Å². The lowest BCUT2D eigenvalue weighted by Gasteiger charge is -2.13. The van der Waals surface area contributed by atoms with Gasteiger partial charge in [0.1, 0.15) is 6.61 Å². The van der Waals surface area contributed by atoms with Gasteiger partial charge in [-0.05, 0) is 6.92 Å². The molecule has 0 heterocycles. The molecular formula is C9H20N2O4S. The molecule has 0 aromatic carbocycles. The fourth-order valence-electron chi connectivity index (χ4n) is 1.11. The number of nitrogens with one attached hydrogen (secondary N) is 1. The zero-order valence-corrected chi connectivity index (χ0v) is 10.5. The molecule has 0 aromatic rings. The van der Waals surface area contributed by atoms with Crippen LogP contribution in [0.25, 0.3) is 0 Å². The summed E-state index contributed by atoms with van der Waals surface area (Å²) in [5.41, 5.74) is 4.87. The van der Waals surface area contributed by atoms with Crippen molar-refractivity contribution in [1.29, 1.82) is 0 Å². The Bertz CT molecular complexity index is 303. The van der Waals surface area contributed by atoms with Crippen LogP contribution in [-0.2, 0) is 19.4 Å². The summed E-state index contributed by atoms with van der Waals surface area (Å²) >= 11 is 0. The van der Waals surface area contributed by atoms with Crippen LogP contribution in [-0.4, -0.2) is 51.6 Å². The Labute approximate surface area is 96.4 Å². The van der Waals surface area contributed by atoms with Crippen LogP contribution >= 0.6 is 0 Å². The fourth-order valence-corrected chi connectivity index (χ4v) is 2.22. The second-order valence-corrected chi connectivity index (χ2v) is 5.97. The summed E-state index contributed by atoms with van der Waals surface area (Å²) in [5.74, 6) is -0.252. The van der Waals surface area contributed by atoms with Crippen LogP contribution in [0.2, 0.25) is 0 Å². The van der Waals surface area contributed by atoms with Crippen LogP contribution in [0, 0.1) is 0 Å². The number of hydrogen-bond acceptors (Lipinski definition) is 5. The number of carbonyl (C=O) groups is 1. The molecule has 6 nitrogen and oxygen atoms in total. The van der Waals surface area contributed by atoms with Gasteiger partial charge in [0.05, 0.1) is 12.4 Å². The smallest absolute Gasteiger partial charge is 0.243 e. The molecule has 1 unspecified atom stereocenters. The third kappa shape index (κ3) is 8.63. The maximum atomic E-state index is 11.3. The molecule has 0 aliphatic heterocycles. The highest BCUT2D eigenvalue weighted by molar-refractivity contribution is 7.91. The first-order chi connectivity index (χ1) is 7.37. The largest absolute Gasteiger partial charge is 0.370 e. The SMILES string of the molecule is CCS(=O)(=O)CC(C)NCCOCC(N)=O. The third-order valence-electron chi connectivity index (χ3n) is 1.93. The van der Waals surface area contributed by atoms with Crippen LogP contribution in [0.5, 0.6) is 0 Å². The average Bonchev–Trinajstić information content (AvgIpc) is 2.16. The summed E-state index contributed by atoms with van der Waals surface area (Å²) in [6, 6.07) is -0.123. The number of hydrogen-bond donors (Lipinski definition) is 2. The third-order valence-corrected chi connectivity index (χ3v) is 3.81. The van der Waals surface area contributed by atoms with Gasteiger partial charge < -0.3 is 15.8 Å². The zero-order chi connectivity index (χ0) is 12.6. The summed E-state index contributed by atoms with van der Waals surface area (Å²) in [6.45, 7) is 4.13. The Morgan fingerprint density at radius 2 is 2.12 bits per heavy atom. The number of ether oxygens (including phenoxy) is 1. The summed E-state index contributed by atoms with van der Waals surface area (Å²) in [5, 5.41) is 2.99. The molecule has 96 valence electrons. The summed E-state index contributed by atoms with van der Waals surface area (Å²) < 4.78 is 27.4. The molecule has 0 saturated carbocycles. The number of carbonyl (C=O) groups excluding carboxylic acids is 1. The van der Waals surface area contributed by atoms with E-state index in [2.05, 4.69) is 5.32 Å². The second kappa shape index (κ2) is 7.59. The molecule has 0 aromatic heterocycles. The number of sulfone groups is 1. The highest BCUT2D eigenvalue weighted by atomic mass is 32.2. The molecule has 16 heavy (non-hydrogen) atoms. The number of nitrogens with two attached hydrogens (primary N) is 1. The molecule has 7 heteroatoms. The van der Waals surface area contributed by atoms with Crippen LogP contribution in [0.4, 0.5) is 0 Å². The minimum atomic E-state index is -2.95. The van der Waals surface area contributed by atoms with Crippen molar-refractivity contribution in [3.05, 3.63) is 0 Å². The van der Waals surface area contributed by atoms with Crippen molar-refractivity contribution in [3.8, 4) is 0 Å². The Balaban J connectivity index is 3.59. The molecule has 0 aliphatic rings. The van der Waals surface area contributed by atoms with E-state index >= 15 is 0 Å². The second-order valence-electron chi connectivity index (χ2n) is 3.57. The first kappa shape index (κ1) is 15.3. The molecule has 1 atom stereocenters. The van der Waals surface area contributed by atoms with E-state index in [0.29, 0.717) is 13.2 Å². The number of primary amides is 1. The zero-order valence-electron chi connectivity index (χ0n) is 9.73. The van der Waals surface area contributed by atoms with Crippen molar-refractivity contribution < 1.29 is 17.9 Å². The standard InChI is InChI=1S/C9H20N2O4S/c1-3-16(13,14)7-8(2)11-4-5-15-6-9(10)12/h8,11H,3-7H2,1-2H3,(H2,10,12). The molecule has 0 aliphatic carbocycles. The quantitative estimate of drug-likeness (QED) is 0.508. The normalized spacial score (nSPS) is 13.6. The van der Waals surface area contributed by atoms with Gasteiger partial charge >= 0.3 is 0 Å². The van der Waals surface area contributed by atoms with Gasteiger partial charge in [0.2, 0.25) is 5.91 Å². The Morgan fingerprint density at radius 3 is 2.62 bits per heavy atom. The van der Waals surface area contributed by atoms with Crippen molar-refractivity contribution in [3.63, 3.8) is 0 Å². The molecule has 0 rings (SSSR count). The van der Waals surface area contributed by atoms with E-state index in [0.717, 1.165) is 0 Å². The Hall–Kier alpha value is -0.660. The van der Waals surface area contributed by atoms with E-state index in [4.69, 9.17) is 10.5 Å². The molecular weight excluding hydrogens is 232 g/mol. The van der Waals surface area contributed by atoms with E-state index in [1.165, 1.54) is 0 Å². The summed E-state index contributed by atoms with van der Waals surface area (Å²) in [7, 11) is -2.95. The lowest BCUT2D eigenvalue weighted by molar-refractivity contribution is -0.122. The van der Waals surface area contributed by atoms with Gasteiger partial charge in [0.25, 0.3) is 0 Å². The molecule has 0 bridgehead atoms. The van der Waals surface area contributed by atoms with Gasteiger partial charge in [-0.1, -0.05) is 6.92 Å². The van der Waals surface area contributed by atoms with Crippen LogP contribution in [0.3, 0.4) is 0 Å². The molecule has 0 radical (unpaired) electrons. The number of rotatable bonds is 9. The van der Waals surface area contributed by atoms with Crippen LogP contribution in [0.15, 0.2) is 0 Å². The molecule has 0 fully saturated rings. The van der Waals surface area contributed by atoms with Gasteiger partial charge in [-0.15, -0.1) is 0 Å². The first-order valence-corrected chi connectivity index (χ1v) is 6.99. The monoisotopic (exact) mass is 252 g/mol. The minimum absolute atomic E-state index is 0.108. The average molecular weight is 252 g/mol. The molecule has 0 spiro atoms. The van der Waals surface area contributed by atoms with Crippen molar-refractivity contribution in [2.24, 2.45) is 5.73 Å². The molecule has 3 N–H and O–H groups in total. The van der Waals surface area contributed by atoms with E-state index in [1.807, 2.05) is 0 Å². The lowest BCUT2D eigenvalue weighted by Crippen LogP contribution is -2.36. The Kier molecular flexibility index (Phi) is 7.27. The van der Waals surface area contributed by atoms with Gasteiger partial charge in [-0.3, -0.25) is 4.79 Å². The first-order valence-electron chi connectivity index (χ1n) is 5.17. The number of amides is 1. The maximum Gasteiger partial charge on any atom is 0.243 e. The van der Waals surface area contributed by atoms with Crippen LogP contribution in [0.1, 0.15) is 13.8 Å². The minimum Gasteiger partial charge on any atom is -0.370 e.